The average Bonchev–Trinajstić information content (AvgIpc) is 2.47. The van der Waals surface area contributed by atoms with Crippen LogP contribution < -0.4 is 10.7 Å². The number of carbonyl (C=O) groups excluding carboxylic acids is 2. The van der Waals surface area contributed by atoms with E-state index in [1.165, 1.54) is 18.9 Å². The van der Waals surface area contributed by atoms with Gasteiger partial charge in [0.1, 0.15) is 0 Å². The monoisotopic (exact) mass is 305 g/mol. The Labute approximate surface area is 130 Å². The van der Waals surface area contributed by atoms with Gasteiger partial charge < -0.3 is 10.1 Å². The predicted molar refractivity (Wildman–Crippen MR) is 85.8 cm³/mol. The molecule has 0 saturated carbocycles. The smallest absolute Gasteiger partial charge is 0.329 e. The summed E-state index contributed by atoms with van der Waals surface area (Å²) in [6.07, 6.45) is 1.49. The zero-order valence-corrected chi connectivity index (χ0v) is 13.5. The summed E-state index contributed by atoms with van der Waals surface area (Å²) < 4.78 is 4.77. The van der Waals surface area contributed by atoms with Crippen LogP contribution in [0.3, 0.4) is 0 Å². The lowest BCUT2D eigenvalue weighted by molar-refractivity contribution is -0.139. The second-order valence-electron chi connectivity index (χ2n) is 5.82. The van der Waals surface area contributed by atoms with Crippen molar-refractivity contribution in [3.05, 3.63) is 35.4 Å². The maximum absolute atomic E-state index is 11.4. The van der Waals surface area contributed by atoms with Crippen LogP contribution >= 0.6 is 0 Å². The number of hydrogen-bond donors (Lipinski definition) is 2. The Hall–Kier alpha value is -2.21. The Balaban J connectivity index is 2.48. The molecule has 0 radical (unpaired) electrons. The fourth-order valence-corrected chi connectivity index (χ4v) is 1.63. The summed E-state index contributed by atoms with van der Waals surface area (Å²) in [6, 6.07) is 7.85. The standard InChI is InChI=1S/C16H23N3O3/c1-16(2,3)13-7-5-12(6-8-13)11-18-19-15(21)14(20)17-9-10-22-4/h5-8,11H,9-10H2,1-4H3,(H,17,20)(H,19,21)/b18-11+. The van der Waals surface area contributed by atoms with E-state index in [1.54, 1.807) is 0 Å². The van der Waals surface area contributed by atoms with E-state index in [1.807, 2.05) is 24.3 Å². The van der Waals surface area contributed by atoms with E-state index < -0.39 is 11.8 Å². The van der Waals surface area contributed by atoms with Gasteiger partial charge in [-0.1, -0.05) is 45.0 Å². The third kappa shape index (κ3) is 6.05. The van der Waals surface area contributed by atoms with Crippen LogP contribution in [-0.2, 0) is 19.7 Å². The Morgan fingerprint density at radius 1 is 1.18 bits per heavy atom. The van der Waals surface area contributed by atoms with Gasteiger partial charge in [0.2, 0.25) is 0 Å². The van der Waals surface area contributed by atoms with Gasteiger partial charge in [-0.3, -0.25) is 9.59 Å². The fraction of sp³-hybridized carbons (Fsp3) is 0.438. The van der Waals surface area contributed by atoms with Gasteiger partial charge in [0, 0.05) is 13.7 Å². The normalized spacial score (nSPS) is 11.5. The third-order valence-corrected chi connectivity index (χ3v) is 2.95. The number of nitrogens with one attached hydrogen (secondary N) is 2. The van der Waals surface area contributed by atoms with Crippen LogP contribution in [0.1, 0.15) is 31.9 Å². The number of nitrogens with zero attached hydrogens (tertiary/aromatic N) is 1. The summed E-state index contributed by atoms with van der Waals surface area (Å²) in [7, 11) is 1.52. The van der Waals surface area contributed by atoms with Crippen molar-refractivity contribution in [1.29, 1.82) is 0 Å². The molecule has 0 aliphatic carbocycles. The highest BCUT2D eigenvalue weighted by Gasteiger charge is 2.13. The van der Waals surface area contributed by atoms with Crippen LogP contribution in [0, 0.1) is 0 Å². The molecule has 1 rings (SSSR count). The molecule has 0 aliphatic rings. The Morgan fingerprint density at radius 3 is 2.36 bits per heavy atom. The number of carbonyl (C=O) groups is 2. The SMILES string of the molecule is COCCNC(=O)C(=O)N/N=C/c1ccc(C(C)(C)C)cc1. The number of rotatable bonds is 5. The first-order chi connectivity index (χ1) is 10.3. The number of benzene rings is 1. The van der Waals surface area contributed by atoms with Crippen LogP contribution in [0.2, 0.25) is 0 Å². The molecule has 22 heavy (non-hydrogen) atoms. The van der Waals surface area contributed by atoms with Crippen molar-refractivity contribution in [2.24, 2.45) is 5.10 Å². The first-order valence-electron chi connectivity index (χ1n) is 7.05. The molecule has 6 nitrogen and oxygen atoms in total. The molecule has 0 bridgehead atoms. The molecule has 0 atom stereocenters. The highest BCUT2D eigenvalue weighted by molar-refractivity contribution is 6.35. The number of ether oxygens (including phenoxy) is 1. The lowest BCUT2D eigenvalue weighted by Crippen LogP contribution is -2.39. The first-order valence-corrected chi connectivity index (χ1v) is 7.05. The topological polar surface area (TPSA) is 79.8 Å². The highest BCUT2D eigenvalue weighted by Crippen LogP contribution is 2.21. The number of hydrogen-bond acceptors (Lipinski definition) is 4. The van der Waals surface area contributed by atoms with Gasteiger partial charge in [-0.15, -0.1) is 0 Å². The van der Waals surface area contributed by atoms with Crippen LogP contribution in [-0.4, -0.2) is 38.3 Å². The second-order valence-corrected chi connectivity index (χ2v) is 5.82. The average molecular weight is 305 g/mol. The molecule has 0 aliphatic heterocycles. The number of methoxy groups -OCH3 is 1. The van der Waals surface area contributed by atoms with Gasteiger partial charge in [0.05, 0.1) is 12.8 Å². The van der Waals surface area contributed by atoms with Crippen molar-refractivity contribution in [2.45, 2.75) is 26.2 Å². The van der Waals surface area contributed by atoms with Gasteiger partial charge in [-0.05, 0) is 16.5 Å². The van der Waals surface area contributed by atoms with Gasteiger partial charge in [-0.25, -0.2) is 5.43 Å². The highest BCUT2D eigenvalue weighted by atomic mass is 16.5. The zero-order valence-electron chi connectivity index (χ0n) is 13.5. The van der Waals surface area contributed by atoms with E-state index in [4.69, 9.17) is 4.74 Å². The van der Waals surface area contributed by atoms with Gasteiger partial charge in [0.25, 0.3) is 0 Å². The molecule has 0 heterocycles. The van der Waals surface area contributed by atoms with Crippen LogP contribution in [0.5, 0.6) is 0 Å². The van der Waals surface area contributed by atoms with E-state index in [9.17, 15) is 9.59 Å². The first kappa shape index (κ1) is 17.8. The molecule has 0 aromatic heterocycles. The Kier molecular flexibility index (Phi) is 6.72. The lowest BCUT2D eigenvalue weighted by atomic mass is 9.87. The van der Waals surface area contributed by atoms with Crippen molar-refractivity contribution in [3.8, 4) is 0 Å². The third-order valence-electron chi connectivity index (χ3n) is 2.95. The molecule has 6 heteroatoms. The van der Waals surface area contributed by atoms with Crippen LogP contribution in [0.15, 0.2) is 29.4 Å². The molecular weight excluding hydrogens is 282 g/mol. The largest absolute Gasteiger partial charge is 0.383 e. The molecule has 1 aromatic rings. The quantitative estimate of drug-likeness (QED) is 0.371. The minimum Gasteiger partial charge on any atom is -0.383 e. The maximum atomic E-state index is 11.4. The number of amides is 2. The maximum Gasteiger partial charge on any atom is 0.329 e. The van der Waals surface area contributed by atoms with Crippen molar-refractivity contribution < 1.29 is 14.3 Å². The molecule has 0 fully saturated rings. The molecular formula is C16H23N3O3. The van der Waals surface area contributed by atoms with Crippen LogP contribution in [0.25, 0.3) is 0 Å². The molecule has 0 spiro atoms. The van der Waals surface area contributed by atoms with E-state index in [2.05, 4.69) is 36.6 Å². The Bertz CT molecular complexity index is 531. The van der Waals surface area contributed by atoms with Crippen molar-refractivity contribution >= 4 is 18.0 Å². The molecule has 1 aromatic carbocycles. The summed E-state index contributed by atoms with van der Waals surface area (Å²) in [4.78, 5) is 22.8. The molecule has 0 saturated heterocycles. The van der Waals surface area contributed by atoms with E-state index >= 15 is 0 Å². The molecule has 0 unspecified atom stereocenters. The van der Waals surface area contributed by atoms with E-state index in [-0.39, 0.29) is 12.0 Å². The summed E-state index contributed by atoms with van der Waals surface area (Å²) in [5.41, 5.74) is 4.32. The minimum absolute atomic E-state index is 0.0875. The minimum atomic E-state index is -0.807. The number of hydrazone groups is 1. The van der Waals surface area contributed by atoms with Crippen LogP contribution in [0.4, 0.5) is 0 Å². The zero-order chi connectivity index (χ0) is 16.6. The molecule has 120 valence electrons. The molecule has 2 N–H and O–H groups in total. The summed E-state index contributed by atoms with van der Waals surface area (Å²) in [6.45, 7) is 7.04. The van der Waals surface area contributed by atoms with E-state index in [0.717, 1.165) is 5.56 Å². The second kappa shape index (κ2) is 8.29. The molecule has 2 amide bonds. The predicted octanol–water partition coefficient (Wildman–Crippen LogP) is 1.20. The van der Waals surface area contributed by atoms with Gasteiger partial charge in [0.15, 0.2) is 0 Å². The van der Waals surface area contributed by atoms with Crippen molar-refractivity contribution in [1.82, 2.24) is 10.7 Å². The summed E-state index contributed by atoms with van der Waals surface area (Å²) in [5.74, 6) is -1.55. The van der Waals surface area contributed by atoms with Gasteiger partial charge >= 0.3 is 11.8 Å². The van der Waals surface area contributed by atoms with Crippen molar-refractivity contribution in [3.63, 3.8) is 0 Å². The van der Waals surface area contributed by atoms with Crippen molar-refractivity contribution in [2.75, 3.05) is 20.3 Å². The summed E-state index contributed by atoms with van der Waals surface area (Å²) in [5, 5.41) is 6.17. The Morgan fingerprint density at radius 2 is 1.82 bits per heavy atom. The summed E-state index contributed by atoms with van der Waals surface area (Å²) >= 11 is 0. The lowest BCUT2D eigenvalue weighted by Gasteiger charge is -2.18. The van der Waals surface area contributed by atoms with Gasteiger partial charge in [-0.2, -0.15) is 5.10 Å². The fourth-order valence-electron chi connectivity index (χ4n) is 1.63. The van der Waals surface area contributed by atoms with E-state index in [0.29, 0.717) is 6.61 Å².